The topological polar surface area (TPSA) is 106 Å². The number of benzene rings is 2. The number of methoxy groups -OCH3 is 1. The van der Waals surface area contributed by atoms with Gasteiger partial charge in [0.05, 0.1) is 18.0 Å². The van der Waals surface area contributed by atoms with Crippen molar-refractivity contribution in [2.45, 2.75) is 24.3 Å². The molecule has 0 fully saturated rings. The SMILES string of the molecule is COc1ccc([C@@H](CCO)NC(=O)c2cc(-c3ccc(C)cc3)cc(S(C)(=O)=O)c2)cn1. The van der Waals surface area contributed by atoms with Crippen LogP contribution in [0.15, 0.2) is 65.7 Å². The van der Waals surface area contributed by atoms with Crippen molar-refractivity contribution in [1.29, 1.82) is 0 Å². The largest absolute Gasteiger partial charge is 0.481 e. The zero-order chi connectivity index (χ0) is 23.3. The summed E-state index contributed by atoms with van der Waals surface area (Å²) in [5.41, 5.74) is 3.43. The van der Waals surface area contributed by atoms with Crippen LogP contribution >= 0.6 is 0 Å². The molecule has 0 saturated heterocycles. The maximum atomic E-state index is 13.1. The second kappa shape index (κ2) is 9.93. The second-order valence-electron chi connectivity index (χ2n) is 7.56. The van der Waals surface area contributed by atoms with Crippen LogP contribution < -0.4 is 10.1 Å². The predicted molar refractivity (Wildman–Crippen MR) is 122 cm³/mol. The lowest BCUT2D eigenvalue weighted by Gasteiger charge is -2.19. The van der Waals surface area contributed by atoms with Gasteiger partial charge in [0, 0.05) is 30.7 Å². The van der Waals surface area contributed by atoms with Crippen LogP contribution in [-0.4, -0.2) is 44.4 Å². The number of ether oxygens (including phenoxy) is 1. The summed E-state index contributed by atoms with van der Waals surface area (Å²) in [6.07, 6.45) is 2.96. The van der Waals surface area contributed by atoms with Gasteiger partial charge in [-0.25, -0.2) is 13.4 Å². The third-order valence-corrected chi connectivity index (χ3v) is 6.17. The average molecular weight is 455 g/mol. The highest BCUT2D eigenvalue weighted by molar-refractivity contribution is 7.90. The van der Waals surface area contributed by atoms with Gasteiger partial charge in [0.15, 0.2) is 9.84 Å². The number of aliphatic hydroxyl groups is 1. The molecule has 2 aromatic carbocycles. The molecule has 1 heterocycles. The lowest BCUT2D eigenvalue weighted by Crippen LogP contribution is -2.29. The lowest BCUT2D eigenvalue weighted by molar-refractivity contribution is 0.0929. The number of rotatable bonds is 8. The molecule has 0 aliphatic rings. The fraction of sp³-hybridized carbons (Fsp3) is 0.250. The van der Waals surface area contributed by atoms with Crippen LogP contribution in [0.25, 0.3) is 11.1 Å². The summed E-state index contributed by atoms with van der Waals surface area (Å²) in [5.74, 6) is -0.00968. The number of aliphatic hydroxyl groups excluding tert-OH is 1. The highest BCUT2D eigenvalue weighted by Crippen LogP contribution is 2.26. The minimum absolute atomic E-state index is 0.0607. The van der Waals surface area contributed by atoms with Crippen LogP contribution in [-0.2, 0) is 9.84 Å². The van der Waals surface area contributed by atoms with E-state index in [-0.39, 0.29) is 23.5 Å². The van der Waals surface area contributed by atoms with Crippen molar-refractivity contribution in [3.8, 4) is 17.0 Å². The number of amides is 1. The van der Waals surface area contributed by atoms with E-state index in [4.69, 9.17) is 4.74 Å². The minimum Gasteiger partial charge on any atom is -0.481 e. The maximum absolute atomic E-state index is 13.1. The normalized spacial score (nSPS) is 12.2. The maximum Gasteiger partial charge on any atom is 0.251 e. The smallest absolute Gasteiger partial charge is 0.251 e. The van der Waals surface area contributed by atoms with Gasteiger partial charge in [-0.3, -0.25) is 4.79 Å². The lowest BCUT2D eigenvalue weighted by atomic mass is 10.0. The average Bonchev–Trinajstić information content (AvgIpc) is 2.78. The predicted octanol–water partition coefficient (Wildman–Crippen LogP) is 3.32. The summed E-state index contributed by atoms with van der Waals surface area (Å²) in [5, 5.41) is 12.4. The molecule has 1 amide bonds. The molecular weight excluding hydrogens is 428 g/mol. The summed E-state index contributed by atoms with van der Waals surface area (Å²) in [6, 6.07) is 15.1. The van der Waals surface area contributed by atoms with E-state index in [2.05, 4.69) is 10.3 Å². The highest BCUT2D eigenvalue weighted by Gasteiger charge is 2.19. The van der Waals surface area contributed by atoms with Crippen LogP contribution in [0.4, 0.5) is 0 Å². The number of carbonyl (C=O) groups excluding carboxylic acids is 1. The first-order chi connectivity index (χ1) is 15.2. The quantitative estimate of drug-likeness (QED) is 0.541. The van der Waals surface area contributed by atoms with Gasteiger partial charge >= 0.3 is 0 Å². The zero-order valence-corrected chi connectivity index (χ0v) is 19.0. The number of nitrogens with zero attached hydrogens (tertiary/aromatic N) is 1. The molecule has 7 nitrogen and oxygen atoms in total. The second-order valence-corrected chi connectivity index (χ2v) is 9.57. The number of hydrogen-bond acceptors (Lipinski definition) is 6. The first-order valence-corrected chi connectivity index (χ1v) is 11.9. The fourth-order valence-electron chi connectivity index (χ4n) is 3.27. The van der Waals surface area contributed by atoms with Crippen LogP contribution in [0, 0.1) is 6.92 Å². The molecule has 0 spiro atoms. The van der Waals surface area contributed by atoms with Crippen molar-refractivity contribution in [3.05, 3.63) is 77.5 Å². The van der Waals surface area contributed by atoms with Crippen LogP contribution in [0.1, 0.15) is 33.9 Å². The van der Waals surface area contributed by atoms with Gasteiger partial charge in [-0.15, -0.1) is 0 Å². The Hall–Kier alpha value is -3.23. The van der Waals surface area contributed by atoms with Crippen LogP contribution in [0.5, 0.6) is 5.88 Å². The molecule has 0 aliphatic heterocycles. The Morgan fingerprint density at radius 1 is 1.09 bits per heavy atom. The van der Waals surface area contributed by atoms with Crippen molar-refractivity contribution in [1.82, 2.24) is 10.3 Å². The summed E-state index contributed by atoms with van der Waals surface area (Å²) < 4.78 is 29.6. The Kier molecular flexibility index (Phi) is 7.27. The number of aromatic nitrogens is 1. The minimum atomic E-state index is -3.54. The van der Waals surface area contributed by atoms with E-state index < -0.39 is 21.8 Å². The van der Waals surface area contributed by atoms with Crippen molar-refractivity contribution in [2.75, 3.05) is 20.0 Å². The molecule has 32 heavy (non-hydrogen) atoms. The monoisotopic (exact) mass is 454 g/mol. The van der Waals surface area contributed by atoms with E-state index in [9.17, 15) is 18.3 Å². The Morgan fingerprint density at radius 3 is 2.38 bits per heavy atom. The molecule has 0 saturated carbocycles. The van der Waals surface area contributed by atoms with Crippen molar-refractivity contribution in [3.63, 3.8) is 0 Å². The van der Waals surface area contributed by atoms with Crippen molar-refractivity contribution >= 4 is 15.7 Å². The first kappa shape index (κ1) is 23.4. The first-order valence-electron chi connectivity index (χ1n) is 10.0. The fourth-order valence-corrected chi connectivity index (χ4v) is 3.95. The number of nitrogens with one attached hydrogen (secondary N) is 1. The summed E-state index contributed by atoms with van der Waals surface area (Å²) in [7, 11) is -2.03. The van der Waals surface area contributed by atoms with Gasteiger partial charge in [0.25, 0.3) is 5.91 Å². The third-order valence-electron chi connectivity index (χ3n) is 5.08. The molecule has 0 unspecified atom stereocenters. The van der Waals surface area contributed by atoms with Gasteiger partial charge in [-0.1, -0.05) is 35.9 Å². The Labute approximate surface area is 188 Å². The van der Waals surface area contributed by atoms with Gasteiger partial charge in [0.1, 0.15) is 0 Å². The van der Waals surface area contributed by atoms with E-state index in [1.165, 1.54) is 13.2 Å². The number of aryl methyl sites for hydroxylation is 1. The molecule has 0 radical (unpaired) electrons. The Morgan fingerprint density at radius 2 is 1.81 bits per heavy atom. The molecule has 0 bridgehead atoms. The Bertz CT molecular complexity index is 1190. The molecule has 2 N–H and O–H groups in total. The van der Waals surface area contributed by atoms with E-state index in [0.29, 0.717) is 17.0 Å². The summed E-state index contributed by atoms with van der Waals surface area (Å²) in [6.45, 7) is 1.82. The van der Waals surface area contributed by atoms with Gasteiger partial charge in [0.2, 0.25) is 5.88 Å². The molecule has 1 aromatic heterocycles. The van der Waals surface area contributed by atoms with E-state index in [1.807, 2.05) is 31.2 Å². The molecule has 168 valence electrons. The molecule has 8 heteroatoms. The standard InChI is InChI=1S/C24H26N2O5S/c1-16-4-6-17(7-5-16)19-12-20(14-21(13-19)32(3,29)30)24(28)26-22(10-11-27)18-8-9-23(31-2)25-15-18/h4-9,12-15,22,27H,10-11H2,1-3H3,(H,26,28)/t22-/m1/s1. The van der Waals surface area contributed by atoms with E-state index in [0.717, 1.165) is 17.4 Å². The van der Waals surface area contributed by atoms with E-state index >= 15 is 0 Å². The van der Waals surface area contributed by atoms with Gasteiger partial charge < -0.3 is 15.2 Å². The number of hydrogen-bond donors (Lipinski definition) is 2. The van der Waals surface area contributed by atoms with Crippen molar-refractivity contribution < 1.29 is 23.1 Å². The number of carbonyl (C=O) groups is 1. The van der Waals surface area contributed by atoms with E-state index in [1.54, 1.807) is 30.5 Å². The third kappa shape index (κ3) is 5.72. The molecule has 1 atom stereocenters. The van der Waals surface area contributed by atoms with Crippen molar-refractivity contribution in [2.24, 2.45) is 0 Å². The summed E-state index contributed by atoms with van der Waals surface area (Å²) >= 11 is 0. The Balaban J connectivity index is 1.97. The molecule has 3 rings (SSSR count). The number of pyridine rings is 1. The highest BCUT2D eigenvalue weighted by atomic mass is 32.2. The molecule has 3 aromatic rings. The zero-order valence-electron chi connectivity index (χ0n) is 18.2. The molecule has 0 aliphatic carbocycles. The molecular formula is C24H26N2O5S. The van der Waals surface area contributed by atoms with Crippen LogP contribution in [0.3, 0.4) is 0 Å². The van der Waals surface area contributed by atoms with Gasteiger partial charge in [-0.05, 0) is 48.2 Å². The van der Waals surface area contributed by atoms with Gasteiger partial charge in [-0.2, -0.15) is 0 Å². The van der Waals surface area contributed by atoms with Crippen LogP contribution in [0.2, 0.25) is 0 Å². The number of sulfone groups is 1. The summed E-state index contributed by atoms with van der Waals surface area (Å²) in [4.78, 5) is 17.3.